The number of anilines is 1. The first-order chi connectivity index (χ1) is 12.9. The Kier molecular flexibility index (Phi) is 4.89. The van der Waals surface area contributed by atoms with Gasteiger partial charge in [-0.1, -0.05) is 30.3 Å². The van der Waals surface area contributed by atoms with E-state index in [4.69, 9.17) is 0 Å². The second kappa shape index (κ2) is 7.28. The minimum absolute atomic E-state index is 0.0110. The molecule has 8 nitrogen and oxygen atoms in total. The van der Waals surface area contributed by atoms with Crippen molar-refractivity contribution >= 4 is 17.3 Å². The number of aromatic nitrogens is 2. The summed E-state index contributed by atoms with van der Waals surface area (Å²) in [5.41, 5.74) is 1.80. The summed E-state index contributed by atoms with van der Waals surface area (Å²) in [5.74, 6) is -0.366. The van der Waals surface area contributed by atoms with Crippen molar-refractivity contribution < 1.29 is 9.72 Å². The molecule has 0 aliphatic carbocycles. The van der Waals surface area contributed by atoms with Crippen LogP contribution in [-0.2, 0) is 18.3 Å². The van der Waals surface area contributed by atoms with Gasteiger partial charge in [-0.2, -0.15) is 0 Å². The van der Waals surface area contributed by atoms with Gasteiger partial charge in [0.05, 0.1) is 22.7 Å². The molecule has 1 amide bonds. The summed E-state index contributed by atoms with van der Waals surface area (Å²) in [6.45, 7) is 1.75. The van der Waals surface area contributed by atoms with Gasteiger partial charge in [-0.15, -0.1) is 0 Å². The molecule has 1 heterocycles. The van der Waals surface area contributed by atoms with Crippen LogP contribution in [0.3, 0.4) is 0 Å². The van der Waals surface area contributed by atoms with Crippen LogP contribution >= 0.6 is 0 Å². The van der Waals surface area contributed by atoms with Crippen LogP contribution in [0.4, 0.5) is 11.4 Å². The van der Waals surface area contributed by atoms with Crippen molar-refractivity contribution in [3.63, 3.8) is 0 Å². The highest BCUT2D eigenvalue weighted by molar-refractivity contribution is 5.92. The van der Waals surface area contributed by atoms with Crippen molar-refractivity contribution in [2.75, 3.05) is 5.32 Å². The Morgan fingerprint density at radius 3 is 2.33 bits per heavy atom. The molecule has 8 heteroatoms. The first kappa shape index (κ1) is 18.1. The van der Waals surface area contributed by atoms with Gasteiger partial charge in [0.15, 0.2) is 0 Å². The Balaban J connectivity index is 1.82. The van der Waals surface area contributed by atoms with Gasteiger partial charge in [0.1, 0.15) is 5.69 Å². The molecule has 0 fully saturated rings. The molecule has 0 aliphatic heterocycles. The van der Waals surface area contributed by atoms with E-state index in [-0.39, 0.29) is 29.3 Å². The van der Waals surface area contributed by atoms with Crippen LogP contribution in [0, 0.1) is 17.0 Å². The second-order valence-electron chi connectivity index (χ2n) is 6.09. The fourth-order valence-corrected chi connectivity index (χ4v) is 2.82. The molecule has 0 radical (unpaired) electrons. The fraction of sp³-hybridized carbons (Fsp3) is 0.158. The molecular weight excluding hydrogens is 348 g/mol. The predicted octanol–water partition coefficient (Wildman–Crippen LogP) is 2.57. The van der Waals surface area contributed by atoms with E-state index >= 15 is 0 Å². The standard InChI is InChI=1S/C19H18N4O4/c1-13-18(19(25)22(21(13)2)15-6-4-3-5-7-15)20-17(24)12-14-8-10-16(11-9-14)23(26)27/h3-11H,12H2,1-2H3,(H,20,24). The van der Waals surface area contributed by atoms with Gasteiger partial charge in [-0.3, -0.25) is 24.4 Å². The zero-order valence-corrected chi connectivity index (χ0v) is 14.9. The van der Waals surface area contributed by atoms with Crippen molar-refractivity contribution in [3.05, 3.63) is 86.3 Å². The third-order valence-electron chi connectivity index (χ3n) is 4.33. The average Bonchev–Trinajstić information content (AvgIpc) is 2.86. The smallest absolute Gasteiger partial charge is 0.295 e. The first-order valence-electron chi connectivity index (χ1n) is 8.25. The number of hydrogen-bond donors (Lipinski definition) is 1. The Morgan fingerprint density at radius 2 is 1.74 bits per heavy atom. The minimum Gasteiger partial charge on any atom is -0.320 e. The van der Waals surface area contributed by atoms with Crippen LogP contribution in [0.2, 0.25) is 0 Å². The van der Waals surface area contributed by atoms with Crippen molar-refractivity contribution in [1.82, 2.24) is 9.36 Å². The van der Waals surface area contributed by atoms with Crippen LogP contribution in [0.5, 0.6) is 0 Å². The van der Waals surface area contributed by atoms with Crippen molar-refractivity contribution in [3.8, 4) is 5.69 Å². The quantitative estimate of drug-likeness (QED) is 0.554. The number of carbonyl (C=O) groups is 1. The van der Waals surface area contributed by atoms with E-state index in [1.807, 2.05) is 30.3 Å². The van der Waals surface area contributed by atoms with Crippen LogP contribution in [0.1, 0.15) is 11.3 Å². The highest BCUT2D eigenvalue weighted by Gasteiger charge is 2.18. The molecular formula is C19H18N4O4. The van der Waals surface area contributed by atoms with Gasteiger partial charge in [-0.25, -0.2) is 4.68 Å². The molecule has 0 unspecified atom stereocenters. The summed E-state index contributed by atoms with van der Waals surface area (Å²) in [4.78, 5) is 35.3. The molecule has 0 bridgehead atoms. The van der Waals surface area contributed by atoms with Gasteiger partial charge in [-0.05, 0) is 24.6 Å². The molecule has 0 spiro atoms. The molecule has 138 valence electrons. The molecule has 27 heavy (non-hydrogen) atoms. The summed E-state index contributed by atoms with van der Waals surface area (Å²) in [6.07, 6.45) is 0.0110. The zero-order valence-electron chi connectivity index (χ0n) is 14.9. The molecule has 0 aliphatic rings. The monoisotopic (exact) mass is 366 g/mol. The summed E-state index contributed by atoms with van der Waals surface area (Å²) >= 11 is 0. The average molecular weight is 366 g/mol. The number of nitrogens with zero attached hydrogens (tertiary/aromatic N) is 3. The lowest BCUT2D eigenvalue weighted by atomic mass is 10.1. The van der Waals surface area contributed by atoms with Crippen LogP contribution in [-0.4, -0.2) is 20.2 Å². The van der Waals surface area contributed by atoms with E-state index in [2.05, 4.69) is 5.32 Å². The Morgan fingerprint density at radius 1 is 1.11 bits per heavy atom. The molecule has 1 N–H and O–H groups in total. The number of nitro groups is 1. The number of nitro benzene ring substituents is 1. The van der Waals surface area contributed by atoms with Crippen LogP contribution < -0.4 is 10.9 Å². The maximum absolute atomic E-state index is 12.8. The summed E-state index contributed by atoms with van der Waals surface area (Å²) in [6, 6.07) is 14.9. The third kappa shape index (κ3) is 3.64. The Labute approximate surface area is 154 Å². The first-order valence-corrected chi connectivity index (χ1v) is 8.25. The van der Waals surface area contributed by atoms with Crippen LogP contribution in [0.15, 0.2) is 59.4 Å². The lowest BCUT2D eigenvalue weighted by Crippen LogP contribution is -2.23. The summed E-state index contributed by atoms with van der Waals surface area (Å²) < 4.78 is 3.16. The van der Waals surface area contributed by atoms with Gasteiger partial charge in [0.25, 0.3) is 11.2 Å². The number of para-hydroxylation sites is 1. The van der Waals surface area contributed by atoms with Crippen molar-refractivity contribution in [1.29, 1.82) is 0 Å². The molecule has 0 saturated carbocycles. The van der Waals surface area contributed by atoms with Gasteiger partial charge in [0.2, 0.25) is 5.91 Å². The van der Waals surface area contributed by atoms with E-state index in [1.165, 1.54) is 28.9 Å². The van der Waals surface area contributed by atoms with Crippen molar-refractivity contribution in [2.45, 2.75) is 13.3 Å². The predicted molar refractivity (Wildman–Crippen MR) is 101 cm³/mol. The van der Waals surface area contributed by atoms with E-state index in [1.54, 1.807) is 18.7 Å². The minimum atomic E-state index is -0.497. The molecule has 3 rings (SSSR count). The molecule has 3 aromatic rings. The normalized spacial score (nSPS) is 10.6. The molecule has 0 atom stereocenters. The number of non-ortho nitro benzene ring substituents is 1. The number of amides is 1. The van der Waals surface area contributed by atoms with E-state index in [9.17, 15) is 19.7 Å². The van der Waals surface area contributed by atoms with E-state index in [0.29, 0.717) is 16.9 Å². The zero-order chi connectivity index (χ0) is 19.6. The van der Waals surface area contributed by atoms with Crippen molar-refractivity contribution in [2.24, 2.45) is 7.05 Å². The fourth-order valence-electron chi connectivity index (χ4n) is 2.82. The summed E-state index contributed by atoms with van der Waals surface area (Å²) in [5, 5.41) is 13.4. The highest BCUT2D eigenvalue weighted by atomic mass is 16.6. The van der Waals surface area contributed by atoms with Gasteiger partial charge in [0, 0.05) is 19.2 Å². The largest absolute Gasteiger partial charge is 0.320 e. The topological polar surface area (TPSA) is 99.2 Å². The third-order valence-corrected chi connectivity index (χ3v) is 4.33. The number of benzene rings is 2. The molecule has 2 aromatic carbocycles. The maximum Gasteiger partial charge on any atom is 0.295 e. The van der Waals surface area contributed by atoms with E-state index in [0.717, 1.165) is 0 Å². The lowest BCUT2D eigenvalue weighted by molar-refractivity contribution is -0.384. The number of carbonyl (C=O) groups excluding carboxylic acids is 1. The van der Waals surface area contributed by atoms with Gasteiger partial charge >= 0.3 is 0 Å². The molecule has 1 aromatic heterocycles. The van der Waals surface area contributed by atoms with Gasteiger partial charge < -0.3 is 5.32 Å². The lowest BCUT2D eigenvalue weighted by Gasteiger charge is -2.07. The Bertz CT molecular complexity index is 1050. The number of rotatable bonds is 5. The van der Waals surface area contributed by atoms with E-state index < -0.39 is 4.92 Å². The Hall–Kier alpha value is -3.68. The second-order valence-corrected chi connectivity index (χ2v) is 6.09. The SMILES string of the molecule is Cc1c(NC(=O)Cc2ccc([N+](=O)[O-])cc2)c(=O)n(-c2ccccc2)n1C. The number of hydrogen-bond acceptors (Lipinski definition) is 4. The molecule has 0 saturated heterocycles. The summed E-state index contributed by atoms with van der Waals surface area (Å²) in [7, 11) is 1.75. The number of nitrogens with one attached hydrogen (secondary N) is 1. The highest BCUT2D eigenvalue weighted by Crippen LogP contribution is 2.16. The maximum atomic E-state index is 12.8. The van der Waals surface area contributed by atoms with Crippen LogP contribution in [0.25, 0.3) is 5.69 Å².